The SMILES string of the molecule is Cc1cc(Sc2ccc(C(C)N)cn2)n(C)n1. The molecule has 0 aliphatic heterocycles. The Morgan fingerprint density at radius 3 is 2.65 bits per heavy atom. The smallest absolute Gasteiger partial charge is 0.102 e. The average Bonchev–Trinajstić information content (AvgIpc) is 2.58. The fourth-order valence-electron chi connectivity index (χ4n) is 1.51. The molecule has 0 amide bonds. The van der Waals surface area contributed by atoms with E-state index in [4.69, 9.17) is 5.73 Å². The van der Waals surface area contributed by atoms with E-state index in [0.717, 1.165) is 21.3 Å². The maximum atomic E-state index is 5.78. The topological polar surface area (TPSA) is 56.7 Å². The second-order valence-corrected chi connectivity index (χ2v) is 5.11. The van der Waals surface area contributed by atoms with Crippen LogP contribution >= 0.6 is 11.8 Å². The van der Waals surface area contributed by atoms with Gasteiger partial charge in [0, 0.05) is 19.3 Å². The Bertz CT molecular complexity index is 502. The molecule has 2 N–H and O–H groups in total. The number of rotatable bonds is 3. The van der Waals surface area contributed by atoms with Gasteiger partial charge in [0.05, 0.1) is 5.69 Å². The molecule has 0 saturated heterocycles. The molecule has 1 atom stereocenters. The third kappa shape index (κ3) is 2.87. The van der Waals surface area contributed by atoms with Gasteiger partial charge in [-0.25, -0.2) is 4.98 Å². The summed E-state index contributed by atoms with van der Waals surface area (Å²) in [6.45, 7) is 3.94. The maximum absolute atomic E-state index is 5.78. The first kappa shape index (κ1) is 12.1. The molecule has 0 radical (unpaired) electrons. The minimum atomic E-state index is 0.0282. The van der Waals surface area contributed by atoms with Crippen molar-refractivity contribution in [1.29, 1.82) is 0 Å². The van der Waals surface area contributed by atoms with Crippen LogP contribution in [0.3, 0.4) is 0 Å². The van der Waals surface area contributed by atoms with Gasteiger partial charge in [-0.15, -0.1) is 0 Å². The highest BCUT2D eigenvalue weighted by atomic mass is 32.2. The number of hydrogen-bond acceptors (Lipinski definition) is 4. The zero-order valence-corrected chi connectivity index (χ0v) is 11.0. The predicted octanol–water partition coefficient (Wildman–Crippen LogP) is 2.29. The molecule has 2 heterocycles. The quantitative estimate of drug-likeness (QED) is 0.905. The van der Waals surface area contributed by atoms with Crippen LogP contribution in [-0.2, 0) is 7.05 Å². The van der Waals surface area contributed by atoms with E-state index in [2.05, 4.69) is 10.1 Å². The van der Waals surface area contributed by atoms with E-state index in [9.17, 15) is 0 Å². The highest BCUT2D eigenvalue weighted by Gasteiger charge is 2.06. The van der Waals surface area contributed by atoms with Gasteiger partial charge in [0.2, 0.25) is 0 Å². The highest BCUT2D eigenvalue weighted by Crippen LogP contribution is 2.26. The monoisotopic (exact) mass is 248 g/mol. The molecule has 0 fully saturated rings. The Labute approximate surface area is 105 Å². The zero-order chi connectivity index (χ0) is 12.4. The van der Waals surface area contributed by atoms with E-state index in [-0.39, 0.29) is 6.04 Å². The molecular formula is C12H16N4S. The van der Waals surface area contributed by atoms with Gasteiger partial charge < -0.3 is 5.73 Å². The lowest BCUT2D eigenvalue weighted by atomic mass is 10.2. The van der Waals surface area contributed by atoms with Crippen molar-refractivity contribution in [2.45, 2.75) is 29.9 Å². The molecule has 2 aromatic heterocycles. The van der Waals surface area contributed by atoms with Gasteiger partial charge >= 0.3 is 0 Å². The molecule has 17 heavy (non-hydrogen) atoms. The number of aromatic nitrogens is 3. The lowest BCUT2D eigenvalue weighted by molar-refractivity contribution is 0.692. The first-order valence-electron chi connectivity index (χ1n) is 5.46. The number of hydrogen-bond donors (Lipinski definition) is 1. The van der Waals surface area contributed by atoms with Gasteiger partial charge in [-0.3, -0.25) is 4.68 Å². The second kappa shape index (κ2) is 4.89. The summed E-state index contributed by atoms with van der Waals surface area (Å²) in [4.78, 5) is 4.39. The highest BCUT2D eigenvalue weighted by molar-refractivity contribution is 7.99. The molecule has 5 heteroatoms. The minimum absolute atomic E-state index is 0.0282. The van der Waals surface area contributed by atoms with Gasteiger partial charge in [0.25, 0.3) is 0 Å². The van der Waals surface area contributed by atoms with Gasteiger partial charge in [0.1, 0.15) is 10.1 Å². The summed E-state index contributed by atoms with van der Waals surface area (Å²) >= 11 is 1.60. The van der Waals surface area contributed by atoms with Crippen LogP contribution < -0.4 is 5.73 Å². The van der Waals surface area contributed by atoms with Crippen LogP contribution in [0.15, 0.2) is 34.4 Å². The van der Waals surface area contributed by atoms with Crippen LogP contribution in [0.1, 0.15) is 24.2 Å². The summed E-state index contributed by atoms with van der Waals surface area (Å²) in [5, 5.41) is 6.34. The molecule has 0 saturated carbocycles. The number of aryl methyl sites for hydroxylation is 2. The molecule has 90 valence electrons. The molecule has 0 aliphatic carbocycles. The molecular weight excluding hydrogens is 232 g/mol. The number of pyridine rings is 1. The largest absolute Gasteiger partial charge is 0.324 e. The molecule has 4 nitrogen and oxygen atoms in total. The lowest BCUT2D eigenvalue weighted by Gasteiger charge is -2.05. The first-order chi connectivity index (χ1) is 8.06. The summed E-state index contributed by atoms with van der Waals surface area (Å²) in [6, 6.07) is 6.08. The number of nitrogens with two attached hydrogens (primary N) is 1. The van der Waals surface area contributed by atoms with Gasteiger partial charge in [-0.05, 0) is 31.5 Å². The third-order valence-electron chi connectivity index (χ3n) is 2.45. The fourth-order valence-corrected chi connectivity index (χ4v) is 2.37. The summed E-state index contributed by atoms with van der Waals surface area (Å²) in [6.07, 6.45) is 1.83. The second-order valence-electron chi connectivity index (χ2n) is 4.07. The van der Waals surface area contributed by atoms with Crippen LogP contribution in [-0.4, -0.2) is 14.8 Å². The van der Waals surface area contributed by atoms with Crippen molar-refractivity contribution < 1.29 is 0 Å². The number of nitrogens with zero attached hydrogens (tertiary/aromatic N) is 3. The van der Waals surface area contributed by atoms with E-state index in [1.54, 1.807) is 11.8 Å². The van der Waals surface area contributed by atoms with Crippen molar-refractivity contribution in [3.05, 3.63) is 35.7 Å². The lowest BCUT2D eigenvalue weighted by Crippen LogP contribution is -2.05. The van der Waals surface area contributed by atoms with Crippen molar-refractivity contribution in [1.82, 2.24) is 14.8 Å². The summed E-state index contributed by atoms with van der Waals surface area (Å²) in [5.74, 6) is 0. The standard InChI is InChI=1S/C12H16N4S/c1-8-6-12(16(3)15-8)17-11-5-4-10(7-14-11)9(2)13/h4-7,9H,13H2,1-3H3. The van der Waals surface area contributed by atoms with Crippen LogP contribution in [0.5, 0.6) is 0 Å². The molecule has 2 aromatic rings. The van der Waals surface area contributed by atoms with E-state index >= 15 is 0 Å². The Balaban J connectivity index is 2.16. The predicted molar refractivity (Wildman–Crippen MR) is 68.9 cm³/mol. The van der Waals surface area contributed by atoms with Crippen LogP contribution in [0.2, 0.25) is 0 Å². The Morgan fingerprint density at radius 1 is 1.41 bits per heavy atom. The van der Waals surface area contributed by atoms with Gasteiger partial charge in [0.15, 0.2) is 0 Å². The summed E-state index contributed by atoms with van der Waals surface area (Å²) in [7, 11) is 1.94. The summed E-state index contributed by atoms with van der Waals surface area (Å²) < 4.78 is 1.86. The van der Waals surface area contributed by atoms with E-state index in [1.807, 2.05) is 50.0 Å². The van der Waals surface area contributed by atoms with Crippen molar-refractivity contribution in [3.63, 3.8) is 0 Å². The van der Waals surface area contributed by atoms with Gasteiger partial charge in [-0.1, -0.05) is 17.8 Å². The van der Waals surface area contributed by atoms with Crippen molar-refractivity contribution in [3.8, 4) is 0 Å². The molecule has 2 rings (SSSR count). The Morgan fingerprint density at radius 2 is 2.18 bits per heavy atom. The maximum Gasteiger partial charge on any atom is 0.102 e. The van der Waals surface area contributed by atoms with E-state index in [1.165, 1.54) is 0 Å². The van der Waals surface area contributed by atoms with Crippen LogP contribution in [0, 0.1) is 6.92 Å². The Hall–Kier alpha value is -1.33. The normalized spacial score (nSPS) is 12.7. The van der Waals surface area contributed by atoms with Crippen molar-refractivity contribution >= 4 is 11.8 Å². The Kier molecular flexibility index (Phi) is 3.49. The molecule has 0 spiro atoms. The van der Waals surface area contributed by atoms with Crippen LogP contribution in [0.4, 0.5) is 0 Å². The third-order valence-corrected chi connectivity index (χ3v) is 3.50. The fraction of sp³-hybridized carbons (Fsp3) is 0.333. The molecule has 0 aromatic carbocycles. The summed E-state index contributed by atoms with van der Waals surface area (Å²) in [5.41, 5.74) is 7.85. The van der Waals surface area contributed by atoms with Crippen molar-refractivity contribution in [2.24, 2.45) is 12.8 Å². The zero-order valence-electron chi connectivity index (χ0n) is 10.2. The van der Waals surface area contributed by atoms with Crippen LogP contribution in [0.25, 0.3) is 0 Å². The average molecular weight is 248 g/mol. The molecule has 0 bridgehead atoms. The van der Waals surface area contributed by atoms with Gasteiger partial charge in [-0.2, -0.15) is 5.10 Å². The molecule has 1 unspecified atom stereocenters. The van der Waals surface area contributed by atoms with E-state index < -0.39 is 0 Å². The van der Waals surface area contributed by atoms with E-state index in [0.29, 0.717) is 0 Å². The molecule has 0 aliphatic rings. The van der Waals surface area contributed by atoms with Crippen molar-refractivity contribution in [2.75, 3.05) is 0 Å². The first-order valence-corrected chi connectivity index (χ1v) is 6.28. The minimum Gasteiger partial charge on any atom is -0.324 e.